The number of alkyl halides is 5. The van der Waals surface area contributed by atoms with Crippen LogP contribution in [0, 0.1) is 0 Å². The zero-order valence-corrected chi connectivity index (χ0v) is 10.1. The molecule has 0 amide bonds. The van der Waals surface area contributed by atoms with Gasteiger partial charge in [-0.2, -0.15) is 13.2 Å². The fourth-order valence-corrected chi connectivity index (χ4v) is 1.65. The van der Waals surface area contributed by atoms with Crippen LogP contribution in [-0.4, -0.2) is 19.3 Å². The molecule has 0 heterocycles. The van der Waals surface area contributed by atoms with E-state index in [1.807, 2.05) is 0 Å². The fourth-order valence-electron chi connectivity index (χ4n) is 1.65. The number of rotatable bonds is 3. The molecule has 2 nitrogen and oxygen atoms in total. The zero-order valence-electron chi connectivity index (χ0n) is 10.1. The van der Waals surface area contributed by atoms with Gasteiger partial charge in [0.05, 0.1) is 18.6 Å². The van der Waals surface area contributed by atoms with Crippen LogP contribution in [0.4, 0.5) is 22.0 Å². The Bertz CT molecular complexity index is 468. The van der Waals surface area contributed by atoms with Crippen molar-refractivity contribution in [2.45, 2.75) is 25.4 Å². The first-order valence-corrected chi connectivity index (χ1v) is 5.26. The van der Waals surface area contributed by atoms with Crippen LogP contribution in [0.3, 0.4) is 0 Å². The lowest BCUT2D eigenvalue weighted by Crippen LogP contribution is -2.22. The second kappa shape index (κ2) is 5.54. The first kappa shape index (κ1) is 15.4. The standard InChI is InChI=1S/C12H11F5O2/c1-6(12(15,16)17)7-4-3-5-8(10(13)14)9(7)11(18)19-2/h3-6,10H,1-2H3. The molecule has 0 aliphatic heterocycles. The minimum Gasteiger partial charge on any atom is -0.465 e. The summed E-state index contributed by atoms with van der Waals surface area (Å²) in [5, 5.41) is 0. The summed E-state index contributed by atoms with van der Waals surface area (Å²) < 4.78 is 67.9. The number of carbonyl (C=O) groups is 1. The average Bonchev–Trinajstić information content (AvgIpc) is 2.34. The maximum absolute atomic E-state index is 12.8. The Labute approximate surface area is 106 Å². The molecule has 0 fully saturated rings. The maximum Gasteiger partial charge on any atom is 0.395 e. The van der Waals surface area contributed by atoms with Crippen molar-refractivity contribution in [3.8, 4) is 0 Å². The summed E-state index contributed by atoms with van der Waals surface area (Å²) in [6.07, 6.45) is -7.70. The second-order valence-electron chi connectivity index (χ2n) is 3.87. The van der Waals surface area contributed by atoms with Gasteiger partial charge in [-0.1, -0.05) is 18.2 Å². The van der Waals surface area contributed by atoms with Gasteiger partial charge in [0.15, 0.2) is 0 Å². The summed E-state index contributed by atoms with van der Waals surface area (Å²) in [7, 11) is 0.923. The zero-order chi connectivity index (χ0) is 14.8. The minimum atomic E-state index is -4.64. The molecule has 0 aliphatic rings. The molecule has 0 radical (unpaired) electrons. The molecule has 1 rings (SSSR count). The Morgan fingerprint density at radius 2 is 1.74 bits per heavy atom. The molecule has 1 atom stereocenters. The van der Waals surface area contributed by atoms with Crippen LogP contribution in [0.25, 0.3) is 0 Å². The third-order valence-corrected chi connectivity index (χ3v) is 2.71. The largest absolute Gasteiger partial charge is 0.465 e. The number of hydrogen-bond acceptors (Lipinski definition) is 2. The molecule has 19 heavy (non-hydrogen) atoms. The monoisotopic (exact) mass is 282 g/mol. The van der Waals surface area contributed by atoms with E-state index in [1.165, 1.54) is 0 Å². The van der Waals surface area contributed by atoms with Crippen molar-refractivity contribution < 1.29 is 31.5 Å². The molecule has 0 saturated heterocycles. The Hall–Kier alpha value is -1.66. The van der Waals surface area contributed by atoms with Crippen molar-refractivity contribution in [3.05, 3.63) is 34.9 Å². The van der Waals surface area contributed by atoms with Gasteiger partial charge in [-0.25, -0.2) is 13.6 Å². The van der Waals surface area contributed by atoms with Gasteiger partial charge >= 0.3 is 12.1 Å². The number of esters is 1. The van der Waals surface area contributed by atoms with Gasteiger partial charge in [0.25, 0.3) is 6.43 Å². The molecule has 0 aromatic heterocycles. The Morgan fingerprint density at radius 1 is 1.21 bits per heavy atom. The van der Waals surface area contributed by atoms with Crippen molar-refractivity contribution in [2.75, 3.05) is 7.11 Å². The Balaban J connectivity index is 3.48. The van der Waals surface area contributed by atoms with Crippen LogP contribution < -0.4 is 0 Å². The second-order valence-corrected chi connectivity index (χ2v) is 3.87. The van der Waals surface area contributed by atoms with Crippen LogP contribution in [0.15, 0.2) is 18.2 Å². The van der Waals surface area contributed by atoms with E-state index in [0.29, 0.717) is 0 Å². The minimum absolute atomic E-state index is 0.517. The summed E-state index contributed by atoms with van der Waals surface area (Å²) in [5.74, 6) is -3.25. The normalized spacial score (nSPS) is 13.5. The number of benzene rings is 1. The van der Waals surface area contributed by atoms with E-state index >= 15 is 0 Å². The highest BCUT2D eigenvalue weighted by Gasteiger charge is 2.40. The van der Waals surface area contributed by atoms with E-state index in [1.54, 1.807) is 0 Å². The summed E-state index contributed by atoms with van der Waals surface area (Å²) in [6.45, 7) is 0.803. The van der Waals surface area contributed by atoms with Crippen molar-refractivity contribution >= 4 is 5.97 Å². The predicted octanol–water partition coefficient (Wildman–Crippen LogP) is 4.08. The molecule has 0 spiro atoms. The average molecular weight is 282 g/mol. The van der Waals surface area contributed by atoms with Crippen molar-refractivity contribution in [2.24, 2.45) is 0 Å². The highest BCUT2D eigenvalue weighted by molar-refractivity contribution is 5.93. The highest BCUT2D eigenvalue weighted by Crippen LogP contribution is 2.38. The van der Waals surface area contributed by atoms with Crippen LogP contribution in [-0.2, 0) is 4.74 Å². The van der Waals surface area contributed by atoms with Gasteiger partial charge in [-0.05, 0) is 12.5 Å². The molecule has 1 unspecified atom stereocenters. The Kier molecular flexibility index (Phi) is 4.49. The molecular formula is C12H11F5O2. The lowest BCUT2D eigenvalue weighted by Gasteiger charge is -2.20. The molecular weight excluding hydrogens is 271 g/mol. The molecule has 1 aromatic carbocycles. The van der Waals surface area contributed by atoms with Gasteiger partial charge in [0.2, 0.25) is 0 Å². The number of ether oxygens (including phenoxy) is 1. The molecule has 0 aliphatic carbocycles. The summed E-state index contributed by atoms with van der Waals surface area (Å²) in [5.41, 5.74) is -2.00. The predicted molar refractivity (Wildman–Crippen MR) is 57.2 cm³/mol. The van der Waals surface area contributed by atoms with Gasteiger partial charge in [0, 0.05) is 5.56 Å². The number of carbonyl (C=O) groups excluding carboxylic acids is 1. The first-order valence-electron chi connectivity index (χ1n) is 5.26. The van der Waals surface area contributed by atoms with Crippen molar-refractivity contribution in [1.82, 2.24) is 0 Å². The molecule has 106 valence electrons. The quantitative estimate of drug-likeness (QED) is 0.617. The Morgan fingerprint density at radius 3 is 2.16 bits per heavy atom. The number of hydrogen-bond donors (Lipinski definition) is 0. The van der Waals surface area contributed by atoms with Crippen LogP contribution in [0.2, 0.25) is 0 Å². The lowest BCUT2D eigenvalue weighted by molar-refractivity contribution is -0.146. The summed E-state index contributed by atoms with van der Waals surface area (Å²) >= 11 is 0. The smallest absolute Gasteiger partial charge is 0.395 e. The summed E-state index contributed by atoms with van der Waals surface area (Å²) in [4.78, 5) is 11.5. The fraction of sp³-hybridized carbons (Fsp3) is 0.417. The number of methoxy groups -OCH3 is 1. The van der Waals surface area contributed by atoms with E-state index in [0.717, 1.165) is 32.2 Å². The molecule has 7 heteroatoms. The van der Waals surface area contributed by atoms with E-state index in [9.17, 15) is 26.7 Å². The van der Waals surface area contributed by atoms with Gasteiger partial charge in [-0.15, -0.1) is 0 Å². The third kappa shape index (κ3) is 3.21. The lowest BCUT2D eigenvalue weighted by atomic mass is 9.92. The van der Waals surface area contributed by atoms with Crippen LogP contribution in [0.5, 0.6) is 0 Å². The van der Waals surface area contributed by atoms with E-state index in [-0.39, 0.29) is 0 Å². The maximum atomic E-state index is 12.8. The van der Waals surface area contributed by atoms with Gasteiger partial charge in [0.1, 0.15) is 0 Å². The van der Waals surface area contributed by atoms with Crippen molar-refractivity contribution in [3.63, 3.8) is 0 Å². The van der Waals surface area contributed by atoms with E-state index in [4.69, 9.17) is 0 Å². The van der Waals surface area contributed by atoms with Gasteiger partial charge in [-0.3, -0.25) is 0 Å². The van der Waals surface area contributed by atoms with E-state index in [2.05, 4.69) is 4.74 Å². The highest BCUT2D eigenvalue weighted by atomic mass is 19.4. The first-order chi connectivity index (χ1) is 8.70. The van der Waals surface area contributed by atoms with E-state index < -0.39 is 41.2 Å². The summed E-state index contributed by atoms with van der Waals surface area (Å²) in [6, 6.07) is 2.96. The van der Waals surface area contributed by atoms with Crippen molar-refractivity contribution in [1.29, 1.82) is 0 Å². The van der Waals surface area contributed by atoms with Crippen LogP contribution in [0.1, 0.15) is 40.8 Å². The van der Waals surface area contributed by atoms with Gasteiger partial charge < -0.3 is 4.74 Å². The van der Waals surface area contributed by atoms with Crippen LogP contribution >= 0.6 is 0 Å². The molecule has 0 N–H and O–H groups in total. The SMILES string of the molecule is COC(=O)c1c(C(F)F)cccc1C(C)C(F)(F)F. The molecule has 1 aromatic rings. The topological polar surface area (TPSA) is 26.3 Å². The third-order valence-electron chi connectivity index (χ3n) is 2.71. The molecule has 0 saturated carbocycles. The molecule has 0 bridgehead atoms. The number of halogens is 5.